The van der Waals surface area contributed by atoms with Gasteiger partial charge in [0.15, 0.2) is 6.29 Å². The smallest absolute Gasteiger partial charge is 0.162 e. The molecule has 0 radical (unpaired) electrons. The minimum atomic E-state index is 0.449. The number of carbonyl (C=O) groups is 1. The van der Waals surface area contributed by atoms with E-state index in [-0.39, 0.29) is 0 Å². The Bertz CT molecular complexity index is 493. The van der Waals surface area contributed by atoms with E-state index in [1.165, 1.54) is 11.3 Å². The van der Waals surface area contributed by atoms with Crippen LogP contribution in [0.15, 0.2) is 12.3 Å². The van der Waals surface area contributed by atoms with Gasteiger partial charge in [0, 0.05) is 6.20 Å². The molecule has 0 aromatic carbocycles. The molecule has 4 nitrogen and oxygen atoms in total. The molecule has 0 spiro atoms. The minimum absolute atomic E-state index is 0.449. The van der Waals surface area contributed by atoms with Crippen molar-refractivity contribution in [2.75, 3.05) is 12.8 Å². The van der Waals surface area contributed by atoms with Crippen molar-refractivity contribution in [3.05, 3.63) is 17.1 Å². The van der Waals surface area contributed by atoms with E-state index in [1.807, 2.05) is 0 Å². The number of carbonyl (C=O) groups excluding carboxylic acids is 1. The molecule has 2 N–H and O–H groups in total. The molecule has 0 unspecified atom stereocenters. The zero-order chi connectivity index (χ0) is 10.1. The molecule has 0 saturated heterocycles. The molecule has 2 heterocycles. The van der Waals surface area contributed by atoms with Crippen LogP contribution in [0.4, 0.5) is 5.69 Å². The molecule has 2 aromatic heterocycles. The normalized spacial score (nSPS) is 10.4. The molecule has 0 amide bonds. The molecule has 0 fully saturated rings. The molecule has 14 heavy (non-hydrogen) atoms. The molecule has 0 aliphatic carbocycles. The van der Waals surface area contributed by atoms with Crippen molar-refractivity contribution in [2.24, 2.45) is 0 Å². The summed E-state index contributed by atoms with van der Waals surface area (Å²) in [5, 5.41) is 0.724. The number of hydrogen-bond donors (Lipinski definition) is 1. The van der Waals surface area contributed by atoms with Gasteiger partial charge in [0.25, 0.3) is 0 Å². The van der Waals surface area contributed by atoms with E-state index in [2.05, 4.69) is 4.98 Å². The Morgan fingerprint density at radius 2 is 2.43 bits per heavy atom. The van der Waals surface area contributed by atoms with E-state index in [9.17, 15) is 4.79 Å². The third-order valence-corrected chi connectivity index (χ3v) is 2.99. The van der Waals surface area contributed by atoms with E-state index in [0.717, 1.165) is 16.5 Å². The van der Waals surface area contributed by atoms with Crippen LogP contribution in [0.3, 0.4) is 0 Å². The van der Waals surface area contributed by atoms with E-state index in [0.29, 0.717) is 16.3 Å². The number of ether oxygens (including phenoxy) is 1. The first-order valence-corrected chi connectivity index (χ1v) is 4.75. The van der Waals surface area contributed by atoms with Gasteiger partial charge in [-0.05, 0) is 6.07 Å². The van der Waals surface area contributed by atoms with E-state index in [1.54, 1.807) is 19.4 Å². The third-order valence-electron chi connectivity index (χ3n) is 1.95. The molecule has 2 rings (SSSR count). The van der Waals surface area contributed by atoms with Gasteiger partial charge in [-0.15, -0.1) is 11.3 Å². The van der Waals surface area contributed by atoms with Crippen LogP contribution >= 0.6 is 11.3 Å². The Morgan fingerprint density at radius 3 is 3.07 bits per heavy atom. The summed E-state index contributed by atoms with van der Waals surface area (Å²) < 4.78 is 5.14. The molecule has 0 saturated carbocycles. The number of nitrogens with zero attached hydrogens (tertiary/aromatic N) is 1. The van der Waals surface area contributed by atoms with Crippen LogP contribution < -0.4 is 10.5 Å². The Kier molecular flexibility index (Phi) is 2.09. The van der Waals surface area contributed by atoms with Crippen LogP contribution in [0.5, 0.6) is 5.75 Å². The summed E-state index contributed by atoms with van der Waals surface area (Å²) in [4.78, 5) is 16.0. The quantitative estimate of drug-likeness (QED) is 0.763. The maximum atomic E-state index is 10.7. The van der Waals surface area contributed by atoms with Crippen LogP contribution in [0.25, 0.3) is 10.2 Å². The van der Waals surface area contributed by atoms with Gasteiger partial charge in [0.2, 0.25) is 0 Å². The van der Waals surface area contributed by atoms with Gasteiger partial charge < -0.3 is 10.5 Å². The third kappa shape index (κ3) is 1.13. The summed E-state index contributed by atoms with van der Waals surface area (Å²) in [6.07, 6.45) is 2.37. The van der Waals surface area contributed by atoms with Crippen molar-refractivity contribution in [3.63, 3.8) is 0 Å². The molecule has 0 aliphatic heterocycles. The largest absolute Gasteiger partial charge is 0.496 e. The van der Waals surface area contributed by atoms with Crippen molar-refractivity contribution < 1.29 is 9.53 Å². The van der Waals surface area contributed by atoms with Gasteiger partial charge in [-0.1, -0.05) is 0 Å². The molecule has 5 heteroatoms. The lowest BCUT2D eigenvalue weighted by atomic mass is 10.2. The number of hydrogen-bond acceptors (Lipinski definition) is 5. The summed E-state index contributed by atoms with van der Waals surface area (Å²) in [6, 6.07) is 1.72. The topological polar surface area (TPSA) is 65.2 Å². The van der Waals surface area contributed by atoms with Crippen molar-refractivity contribution in [1.82, 2.24) is 4.98 Å². The highest BCUT2D eigenvalue weighted by Crippen LogP contribution is 2.36. The Hall–Kier alpha value is -1.62. The van der Waals surface area contributed by atoms with Gasteiger partial charge in [-0.25, -0.2) is 4.98 Å². The number of rotatable bonds is 2. The fraction of sp³-hybridized carbons (Fsp3) is 0.111. The Balaban J connectivity index is 2.85. The molecule has 0 atom stereocenters. The molecular formula is C9H8N2O2S. The predicted molar refractivity (Wildman–Crippen MR) is 56.0 cm³/mol. The van der Waals surface area contributed by atoms with Crippen LogP contribution in [0.1, 0.15) is 9.67 Å². The first kappa shape index (κ1) is 8.96. The lowest BCUT2D eigenvalue weighted by Gasteiger charge is -2.00. The molecule has 2 aromatic rings. The summed E-state index contributed by atoms with van der Waals surface area (Å²) in [5.74, 6) is 0.650. The first-order valence-electron chi connectivity index (χ1n) is 3.94. The van der Waals surface area contributed by atoms with E-state index < -0.39 is 0 Å². The van der Waals surface area contributed by atoms with Crippen molar-refractivity contribution in [3.8, 4) is 5.75 Å². The van der Waals surface area contributed by atoms with Crippen LogP contribution in [0, 0.1) is 0 Å². The van der Waals surface area contributed by atoms with E-state index >= 15 is 0 Å². The first-order chi connectivity index (χ1) is 6.77. The monoisotopic (exact) mass is 208 g/mol. The number of aromatic nitrogens is 1. The number of nitrogens with two attached hydrogens (primary N) is 1. The zero-order valence-electron chi connectivity index (χ0n) is 7.48. The van der Waals surface area contributed by atoms with Gasteiger partial charge in [0.1, 0.15) is 10.6 Å². The Labute approximate surface area is 84.3 Å². The van der Waals surface area contributed by atoms with Crippen molar-refractivity contribution in [2.45, 2.75) is 0 Å². The number of thiophene rings is 1. The zero-order valence-corrected chi connectivity index (χ0v) is 8.30. The van der Waals surface area contributed by atoms with Gasteiger partial charge in [0.05, 0.1) is 23.1 Å². The molecule has 0 bridgehead atoms. The van der Waals surface area contributed by atoms with Crippen LogP contribution in [0.2, 0.25) is 0 Å². The molecule has 0 aliphatic rings. The summed E-state index contributed by atoms with van der Waals surface area (Å²) in [6.45, 7) is 0. The average molecular weight is 208 g/mol. The fourth-order valence-corrected chi connectivity index (χ4v) is 2.19. The Morgan fingerprint density at radius 1 is 1.64 bits per heavy atom. The van der Waals surface area contributed by atoms with Crippen LogP contribution in [-0.4, -0.2) is 18.4 Å². The highest BCUT2D eigenvalue weighted by Gasteiger charge is 2.13. The lowest BCUT2D eigenvalue weighted by Crippen LogP contribution is -1.90. The van der Waals surface area contributed by atoms with Gasteiger partial charge in [-0.3, -0.25) is 4.79 Å². The number of aldehydes is 1. The van der Waals surface area contributed by atoms with E-state index in [4.69, 9.17) is 10.5 Å². The van der Waals surface area contributed by atoms with Gasteiger partial charge in [-0.2, -0.15) is 0 Å². The van der Waals surface area contributed by atoms with Gasteiger partial charge >= 0.3 is 0 Å². The summed E-state index contributed by atoms with van der Waals surface area (Å²) in [5.41, 5.74) is 6.23. The molecule has 72 valence electrons. The second-order valence-corrected chi connectivity index (χ2v) is 3.72. The number of methoxy groups -OCH3 is 1. The second kappa shape index (κ2) is 3.26. The maximum absolute atomic E-state index is 10.7. The number of nitrogen functional groups attached to an aromatic ring is 1. The fourth-order valence-electron chi connectivity index (χ4n) is 1.29. The SMILES string of the molecule is COc1ccnc2sc(C=O)c(N)c12. The predicted octanol–water partition coefficient (Wildman–Crippen LogP) is 1.70. The lowest BCUT2D eigenvalue weighted by molar-refractivity contribution is 0.112. The maximum Gasteiger partial charge on any atom is 0.162 e. The van der Waals surface area contributed by atoms with Crippen LogP contribution in [-0.2, 0) is 0 Å². The van der Waals surface area contributed by atoms with Crippen molar-refractivity contribution in [1.29, 1.82) is 0 Å². The highest BCUT2D eigenvalue weighted by molar-refractivity contribution is 7.20. The minimum Gasteiger partial charge on any atom is -0.496 e. The average Bonchev–Trinajstić information content (AvgIpc) is 2.55. The number of anilines is 1. The second-order valence-electron chi connectivity index (χ2n) is 2.69. The van der Waals surface area contributed by atoms with Crippen molar-refractivity contribution >= 4 is 33.5 Å². The number of fused-ring (bicyclic) bond motifs is 1. The summed E-state index contributed by atoms with van der Waals surface area (Å²) >= 11 is 1.27. The summed E-state index contributed by atoms with van der Waals surface area (Å²) in [7, 11) is 1.56. The number of pyridine rings is 1. The molecular weight excluding hydrogens is 200 g/mol. The standard InChI is InChI=1S/C9H8N2O2S/c1-13-5-2-3-11-9-7(5)8(10)6(4-12)14-9/h2-4H,10H2,1H3. The highest BCUT2D eigenvalue weighted by atomic mass is 32.1.